The zero-order chi connectivity index (χ0) is 10.6. The molecular formula is C9H10ClN3O. The molecule has 2 N–H and O–H groups in total. The van der Waals surface area contributed by atoms with Gasteiger partial charge >= 0.3 is 0 Å². The second-order valence-corrected chi connectivity index (χ2v) is 2.96. The average Bonchev–Trinajstić information content (AvgIpc) is 2.19. The first-order valence-corrected chi connectivity index (χ1v) is 4.50. The predicted octanol–water partition coefficient (Wildman–Crippen LogP) is 1.98. The molecule has 0 amide bonds. The summed E-state index contributed by atoms with van der Waals surface area (Å²) in [5.74, 6) is 0.526. The molecule has 0 radical (unpaired) electrons. The lowest BCUT2D eigenvalue weighted by molar-refractivity contribution is 0.112. The monoisotopic (exact) mass is 211 g/mol. The minimum absolute atomic E-state index is 0.265. The van der Waals surface area contributed by atoms with E-state index in [4.69, 9.17) is 17.0 Å². The van der Waals surface area contributed by atoms with Crippen molar-refractivity contribution in [3.63, 3.8) is 0 Å². The van der Waals surface area contributed by atoms with Gasteiger partial charge in [-0.05, 0) is 6.92 Å². The van der Waals surface area contributed by atoms with Crippen molar-refractivity contribution in [1.29, 1.82) is 5.41 Å². The first kappa shape index (κ1) is 10.7. The Morgan fingerprint density at radius 2 is 2.43 bits per heavy atom. The Balaban J connectivity index is 3.27. The fraction of sp³-hybridized carbons (Fsp3) is 0.222. The van der Waals surface area contributed by atoms with Crippen molar-refractivity contribution in [2.45, 2.75) is 6.92 Å². The van der Waals surface area contributed by atoms with E-state index in [1.165, 1.54) is 6.20 Å². The van der Waals surface area contributed by atoms with Crippen molar-refractivity contribution in [1.82, 2.24) is 4.98 Å². The van der Waals surface area contributed by atoms with Crippen LogP contribution in [0.5, 0.6) is 0 Å². The van der Waals surface area contributed by atoms with Crippen LogP contribution in [0.1, 0.15) is 22.8 Å². The van der Waals surface area contributed by atoms with Crippen molar-refractivity contribution < 1.29 is 4.79 Å². The maximum atomic E-state index is 10.5. The lowest BCUT2D eigenvalue weighted by Crippen LogP contribution is -2.05. The van der Waals surface area contributed by atoms with E-state index >= 15 is 0 Å². The summed E-state index contributed by atoms with van der Waals surface area (Å²) in [4.78, 5) is 14.5. The third-order valence-electron chi connectivity index (χ3n) is 1.69. The molecule has 0 aliphatic rings. The standard InChI is InChI=1S/C9H10ClN3O/c1-2-12-9-7(3-11)8(10)6(5-14)4-13-9/h3-5,11H,2H2,1H3,(H,12,13). The number of carbonyl (C=O) groups is 1. The van der Waals surface area contributed by atoms with Crippen LogP contribution < -0.4 is 5.32 Å². The molecule has 1 aromatic heterocycles. The molecule has 0 spiro atoms. The van der Waals surface area contributed by atoms with Crippen LogP contribution in [0.15, 0.2) is 6.20 Å². The van der Waals surface area contributed by atoms with Gasteiger partial charge < -0.3 is 10.7 Å². The quantitative estimate of drug-likeness (QED) is 0.591. The Hall–Kier alpha value is -1.42. The van der Waals surface area contributed by atoms with Gasteiger partial charge in [0, 0.05) is 19.0 Å². The van der Waals surface area contributed by atoms with Crippen LogP contribution in [-0.4, -0.2) is 24.0 Å². The van der Waals surface area contributed by atoms with Gasteiger partial charge in [0.1, 0.15) is 5.82 Å². The van der Waals surface area contributed by atoms with Gasteiger partial charge in [-0.2, -0.15) is 0 Å². The number of hydrogen-bond acceptors (Lipinski definition) is 4. The zero-order valence-electron chi connectivity index (χ0n) is 7.67. The second-order valence-electron chi connectivity index (χ2n) is 2.58. The highest BCUT2D eigenvalue weighted by Crippen LogP contribution is 2.23. The summed E-state index contributed by atoms with van der Waals surface area (Å²) in [5, 5.41) is 10.4. The van der Waals surface area contributed by atoms with Gasteiger partial charge in [-0.1, -0.05) is 11.6 Å². The van der Waals surface area contributed by atoms with Crippen molar-refractivity contribution in [3.8, 4) is 0 Å². The topological polar surface area (TPSA) is 65.8 Å². The highest BCUT2D eigenvalue weighted by molar-refractivity contribution is 6.35. The van der Waals surface area contributed by atoms with Crippen molar-refractivity contribution in [3.05, 3.63) is 22.3 Å². The smallest absolute Gasteiger partial charge is 0.153 e. The highest BCUT2D eigenvalue weighted by atomic mass is 35.5. The molecule has 0 atom stereocenters. The molecule has 0 saturated heterocycles. The molecule has 0 unspecified atom stereocenters. The summed E-state index contributed by atoms with van der Waals surface area (Å²) in [6.07, 6.45) is 3.10. The molecule has 0 fully saturated rings. The van der Waals surface area contributed by atoms with E-state index in [1.807, 2.05) is 6.92 Å². The fourth-order valence-corrected chi connectivity index (χ4v) is 1.28. The Morgan fingerprint density at radius 3 is 2.93 bits per heavy atom. The van der Waals surface area contributed by atoms with E-state index in [0.717, 1.165) is 6.21 Å². The molecule has 74 valence electrons. The van der Waals surface area contributed by atoms with Gasteiger partial charge in [-0.3, -0.25) is 4.79 Å². The maximum absolute atomic E-state index is 10.5. The van der Waals surface area contributed by atoms with Crippen LogP contribution in [0.2, 0.25) is 5.02 Å². The third kappa shape index (κ3) is 1.90. The van der Waals surface area contributed by atoms with E-state index < -0.39 is 0 Å². The molecular weight excluding hydrogens is 202 g/mol. The number of anilines is 1. The molecule has 0 saturated carbocycles. The molecule has 0 aliphatic heterocycles. The minimum Gasteiger partial charge on any atom is -0.370 e. The van der Waals surface area contributed by atoms with E-state index in [1.54, 1.807) is 0 Å². The van der Waals surface area contributed by atoms with Gasteiger partial charge in [0.15, 0.2) is 6.29 Å². The van der Waals surface area contributed by atoms with Gasteiger partial charge in [0.2, 0.25) is 0 Å². The zero-order valence-corrected chi connectivity index (χ0v) is 8.43. The third-order valence-corrected chi connectivity index (χ3v) is 2.12. The van der Waals surface area contributed by atoms with Gasteiger partial charge in [0.25, 0.3) is 0 Å². The number of hydrogen-bond donors (Lipinski definition) is 2. The molecule has 14 heavy (non-hydrogen) atoms. The first-order chi connectivity index (χ1) is 6.74. The van der Waals surface area contributed by atoms with Crippen LogP contribution in [0.25, 0.3) is 0 Å². The molecule has 5 heteroatoms. The lowest BCUT2D eigenvalue weighted by Gasteiger charge is -2.08. The van der Waals surface area contributed by atoms with Crippen LogP contribution in [0.3, 0.4) is 0 Å². The molecule has 0 aromatic carbocycles. The van der Waals surface area contributed by atoms with Gasteiger partial charge in [-0.25, -0.2) is 4.98 Å². The van der Waals surface area contributed by atoms with Crippen LogP contribution in [0.4, 0.5) is 5.82 Å². The molecule has 0 aliphatic carbocycles. The van der Waals surface area contributed by atoms with Gasteiger partial charge in [0.05, 0.1) is 16.1 Å². The molecule has 4 nitrogen and oxygen atoms in total. The minimum atomic E-state index is 0.265. The highest BCUT2D eigenvalue weighted by Gasteiger charge is 2.09. The summed E-state index contributed by atoms with van der Waals surface area (Å²) in [7, 11) is 0. The summed E-state index contributed by atoms with van der Waals surface area (Å²) in [6, 6.07) is 0. The van der Waals surface area contributed by atoms with Crippen molar-refractivity contribution in [2.24, 2.45) is 0 Å². The number of carbonyl (C=O) groups excluding carboxylic acids is 1. The summed E-state index contributed by atoms with van der Waals surface area (Å²) in [5.41, 5.74) is 0.741. The van der Waals surface area contributed by atoms with Crippen molar-refractivity contribution in [2.75, 3.05) is 11.9 Å². The van der Waals surface area contributed by atoms with Crippen LogP contribution >= 0.6 is 11.6 Å². The average molecular weight is 212 g/mol. The van der Waals surface area contributed by atoms with Crippen LogP contribution in [0, 0.1) is 5.41 Å². The van der Waals surface area contributed by atoms with E-state index in [-0.39, 0.29) is 5.02 Å². The summed E-state index contributed by atoms with van der Waals surface area (Å²) in [6.45, 7) is 2.60. The Labute approximate surface area is 86.8 Å². The Morgan fingerprint density at radius 1 is 1.71 bits per heavy atom. The molecule has 1 aromatic rings. The number of rotatable bonds is 4. The summed E-state index contributed by atoms with van der Waals surface area (Å²) < 4.78 is 0. The summed E-state index contributed by atoms with van der Waals surface area (Å²) >= 11 is 5.89. The molecule has 1 rings (SSSR count). The van der Waals surface area contributed by atoms with E-state index in [2.05, 4.69) is 10.3 Å². The fourth-order valence-electron chi connectivity index (χ4n) is 1.04. The number of halogens is 1. The number of aldehydes is 1. The molecule has 0 bridgehead atoms. The number of nitrogens with zero attached hydrogens (tertiary/aromatic N) is 1. The van der Waals surface area contributed by atoms with E-state index in [0.29, 0.717) is 29.8 Å². The number of aromatic nitrogens is 1. The Bertz CT molecular complexity index is 365. The predicted molar refractivity (Wildman–Crippen MR) is 56.7 cm³/mol. The van der Waals surface area contributed by atoms with Gasteiger partial charge in [-0.15, -0.1) is 0 Å². The second kappa shape index (κ2) is 4.72. The van der Waals surface area contributed by atoms with Crippen LogP contribution in [-0.2, 0) is 0 Å². The van der Waals surface area contributed by atoms with E-state index in [9.17, 15) is 4.79 Å². The maximum Gasteiger partial charge on any atom is 0.153 e. The number of nitrogens with one attached hydrogen (secondary N) is 2. The normalized spacial score (nSPS) is 9.57. The SMILES string of the molecule is CCNc1ncc(C=O)c(Cl)c1C=N. The molecule has 1 heterocycles. The Kier molecular flexibility index (Phi) is 3.59. The van der Waals surface area contributed by atoms with Crippen molar-refractivity contribution >= 4 is 29.9 Å². The first-order valence-electron chi connectivity index (χ1n) is 4.12. The largest absolute Gasteiger partial charge is 0.370 e. The lowest BCUT2D eigenvalue weighted by atomic mass is 10.2. The number of pyridine rings is 1.